The molecule has 5 nitrogen and oxygen atoms in total. The lowest BCUT2D eigenvalue weighted by molar-refractivity contribution is 0.624. The minimum Gasteiger partial charge on any atom is -0.337 e. The second-order valence-corrected chi connectivity index (χ2v) is 4.81. The summed E-state index contributed by atoms with van der Waals surface area (Å²) in [5.41, 5.74) is 1.18. The molecule has 0 bridgehead atoms. The molecule has 0 saturated heterocycles. The number of hydrogen-bond acceptors (Lipinski definition) is 4. The Morgan fingerprint density at radius 3 is 3.05 bits per heavy atom. The standard InChI is InChI=1S/C13H7BrFN5/c14-11-7-20-4-3-17-13(20)12(19-11)18-9-1-2-10(15)8(5-9)6-16/h1-5,7H,(H,18,19). The van der Waals surface area contributed by atoms with Gasteiger partial charge in [0.1, 0.15) is 16.5 Å². The van der Waals surface area contributed by atoms with Gasteiger partial charge in [-0.15, -0.1) is 0 Å². The van der Waals surface area contributed by atoms with E-state index in [0.29, 0.717) is 21.8 Å². The van der Waals surface area contributed by atoms with Gasteiger partial charge in [-0.05, 0) is 34.1 Å². The molecular weight excluding hydrogens is 325 g/mol. The second-order valence-electron chi connectivity index (χ2n) is 4.00. The predicted molar refractivity (Wildman–Crippen MR) is 75.1 cm³/mol. The van der Waals surface area contributed by atoms with Crippen LogP contribution < -0.4 is 5.32 Å². The number of nitriles is 1. The van der Waals surface area contributed by atoms with E-state index in [-0.39, 0.29) is 5.56 Å². The average molecular weight is 332 g/mol. The van der Waals surface area contributed by atoms with Crippen LogP contribution in [0.3, 0.4) is 0 Å². The van der Waals surface area contributed by atoms with Crippen LogP contribution in [0.4, 0.5) is 15.9 Å². The van der Waals surface area contributed by atoms with Crippen LogP contribution in [-0.2, 0) is 0 Å². The summed E-state index contributed by atoms with van der Waals surface area (Å²) in [6.45, 7) is 0. The fourth-order valence-electron chi connectivity index (χ4n) is 1.81. The van der Waals surface area contributed by atoms with Crippen molar-refractivity contribution in [1.29, 1.82) is 5.26 Å². The summed E-state index contributed by atoms with van der Waals surface area (Å²) in [6, 6.07) is 6.01. The molecular formula is C13H7BrFN5. The van der Waals surface area contributed by atoms with Gasteiger partial charge >= 0.3 is 0 Å². The summed E-state index contributed by atoms with van der Waals surface area (Å²) in [5.74, 6) is -0.0360. The lowest BCUT2D eigenvalue weighted by Crippen LogP contribution is -1.99. The van der Waals surface area contributed by atoms with Gasteiger partial charge < -0.3 is 9.72 Å². The molecule has 7 heteroatoms. The molecule has 1 aromatic carbocycles. The highest BCUT2D eigenvalue weighted by molar-refractivity contribution is 9.10. The molecule has 2 aromatic heterocycles. The topological polar surface area (TPSA) is 66.0 Å². The van der Waals surface area contributed by atoms with E-state index >= 15 is 0 Å². The zero-order valence-electron chi connectivity index (χ0n) is 10.0. The van der Waals surface area contributed by atoms with Crippen molar-refractivity contribution in [3.8, 4) is 6.07 Å². The van der Waals surface area contributed by atoms with Crippen molar-refractivity contribution in [1.82, 2.24) is 14.4 Å². The summed E-state index contributed by atoms with van der Waals surface area (Å²) < 4.78 is 15.7. The smallest absolute Gasteiger partial charge is 0.180 e. The van der Waals surface area contributed by atoms with Gasteiger partial charge in [0.25, 0.3) is 0 Å². The summed E-state index contributed by atoms with van der Waals surface area (Å²) in [6.07, 6.45) is 5.22. The number of benzene rings is 1. The van der Waals surface area contributed by atoms with E-state index in [1.54, 1.807) is 29.1 Å². The maximum absolute atomic E-state index is 13.3. The normalized spacial score (nSPS) is 10.4. The van der Waals surface area contributed by atoms with Crippen LogP contribution in [0.15, 0.2) is 41.4 Å². The van der Waals surface area contributed by atoms with E-state index in [4.69, 9.17) is 5.26 Å². The van der Waals surface area contributed by atoms with Gasteiger partial charge in [-0.2, -0.15) is 5.26 Å². The molecule has 0 spiro atoms. The van der Waals surface area contributed by atoms with Crippen LogP contribution >= 0.6 is 15.9 Å². The Morgan fingerprint density at radius 1 is 1.40 bits per heavy atom. The van der Waals surface area contributed by atoms with Gasteiger partial charge in [0.05, 0.1) is 5.56 Å². The monoisotopic (exact) mass is 331 g/mol. The minimum atomic E-state index is -0.550. The molecule has 1 N–H and O–H groups in total. The van der Waals surface area contributed by atoms with Crippen LogP contribution in [0.1, 0.15) is 5.56 Å². The number of nitrogens with one attached hydrogen (secondary N) is 1. The first-order valence-corrected chi connectivity index (χ1v) is 6.42. The van der Waals surface area contributed by atoms with Gasteiger partial charge in [0.2, 0.25) is 0 Å². The van der Waals surface area contributed by atoms with Gasteiger partial charge in [-0.25, -0.2) is 14.4 Å². The van der Waals surface area contributed by atoms with Crippen molar-refractivity contribution in [3.63, 3.8) is 0 Å². The van der Waals surface area contributed by atoms with Crippen LogP contribution in [-0.4, -0.2) is 14.4 Å². The molecule has 98 valence electrons. The molecule has 0 aliphatic heterocycles. The van der Waals surface area contributed by atoms with E-state index in [1.165, 1.54) is 18.2 Å². The summed E-state index contributed by atoms with van der Waals surface area (Å²) in [4.78, 5) is 8.49. The van der Waals surface area contributed by atoms with E-state index < -0.39 is 5.82 Å². The molecule has 3 rings (SSSR count). The number of hydrogen-bond donors (Lipinski definition) is 1. The highest BCUT2D eigenvalue weighted by Gasteiger charge is 2.08. The first-order valence-electron chi connectivity index (χ1n) is 5.63. The maximum atomic E-state index is 13.3. The van der Waals surface area contributed by atoms with Gasteiger partial charge in [-0.3, -0.25) is 0 Å². The molecule has 0 amide bonds. The van der Waals surface area contributed by atoms with E-state index in [9.17, 15) is 4.39 Å². The second kappa shape index (κ2) is 4.90. The zero-order chi connectivity index (χ0) is 14.1. The predicted octanol–water partition coefficient (Wildman–Crippen LogP) is 3.25. The number of anilines is 2. The quantitative estimate of drug-likeness (QED) is 0.782. The SMILES string of the molecule is N#Cc1cc(Nc2nc(Br)cn3ccnc23)ccc1F. The van der Waals surface area contributed by atoms with Crippen molar-refractivity contribution < 1.29 is 4.39 Å². The third kappa shape index (κ3) is 2.21. The molecule has 0 unspecified atom stereocenters. The lowest BCUT2D eigenvalue weighted by atomic mass is 10.2. The molecule has 0 aliphatic rings. The fourth-order valence-corrected chi connectivity index (χ4v) is 2.21. The highest BCUT2D eigenvalue weighted by Crippen LogP contribution is 2.22. The Kier molecular flexibility index (Phi) is 3.08. The molecule has 0 aliphatic carbocycles. The number of aromatic nitrogens is 3. The van der Waals surface area contributed by atoms with Crippen LogP contribution in [0.25, 0.3) is 5.65 Å². The van der Waals surface area contributed by atoms with Crippen molar-refractivity contribution in [2.45, 2.75) is 0 Å². The van der Waals surface area contributed by atoms with E-state index in [1.807, 2.05) is 0 Å². The summed E-state index contributed by atoms with van der Waals surface area (Å²) in [5, 5.41) is 11.9. The first kappa shape index (κ1) is 12.6. The molecule has 0 saturated carbocycles. The highest BCUT2D eigenvalue weighted by atomic mass is 79.9. The Morgan fingerprint density at radius 2 is 2.25 bits per heavy atom. The van der Waals surface area contributed by atoms with Crippen LogP contribution in [0.5, 0.6) is 0 Å². The van der Waals surface area contributed by atoms with Gasteiger partial charge in [-0.1, -0.05) is 0 Å². The Bertz CT molecular complexity index is 836. The average Bonchev–Trinajstić information content (AvgIpc) is 2.89. The molecule has 0 atom stereocenters. The molecule has 3 aromatic rings. The van der Waals surface area contributed by atoms with Gasteiger partial charge in [0, 0.05) is 24.3 Å². The van der Waals surface area contributed by atoms with Crippen molar-refractivity contribution in [2.24, 2.45) is 0 Å². The zero-order valence-corrected chi connectivity index (χ0v) is 11.6. The Balaban J connectivity index is 2.05. The fraction of sp³-hybridized carbons (Fsp3) is 0. The molecule has 0 radical (unpaired) electrons. The van der Waals surface area contributed by atoms with Gasteiger partial charge in [0.15, 0.2) is 11.5 Å². The van der Waals surface area contributed by atoms with Crippen LogP contribution in [0.2, 0.25) is 0 Å². The summed E-state index contributed by atoms with van der Waals surface area (Å²) >= 11 is 3.31. The number of imidazole rings is 1. The third-order valence-corrected chi connectivity index (χ3v) is 3.08. The number of fused-ring (bicyclic) bond motifs is 1. The van der Waals surface area contributed by atoms with E-state index in [2.05, 4.69) is 31.2 Å². The Hall–Kier alpha value is -2.46. The molecule has 0 fully saturated rings. The first-order chi connectivity index (χ1) is 9.67. The maximum Gasteiger partial charge on any atom is 0.180 e. The molecule has 20 heavy (non-hydrogen) atoms. The largest absolute Gasteiger partial charge is 0.337 e. The Labute approximate surface area is 121 Å². The number of halogens is 2. The van der Waals surface area contributed by atoms with Crippen molar-refractivity contribution >= 4 is 33.1 Å². The van der Waals surface area contributed by atoms with E-state index in [0.717, 1.165) is 0 Å². The third-order valence-electron chi connectivity index (χ3n) is 2.69. The van der Waals surface area contributed by atoms with Crippen molar-refractivity contribution in [2.75, 3.05) is 5.32 Å². The number of nitrogens with zero attached hydrogens (tertiary/aromatic N) is 4. The lowest BCUT2D eigenvalue weighted by Gasteiger charge is -2.08. The van der Waals surface area contributed by atoms with Crippen LogP contribution in [0, 0.1) is 17.1 Å². The number of rotatable bonds is 2. The summed E-state index contributed by atoms with van der Waals surface area (Å²) in [7, 11) is 0. The van der Waals surface area contributed by atoms with Crippen molar-refractivity contribution in [3.05, 3.63) is 52.8 Å². The molecule has 2 heterocycles. The minimum absolute atomic E-state index is 0.0237.